The highest BCUT2D eigenvalue weighted by Gasteiger charge is 2.51. The largest absolute Gasteiger partial charge is 0.481 e. The number of carboxylic acids is 4. The number of aliphatic carboxylic acids is 4. The molecule has 0 spiro atoms. The van der Waals surface area contributed by atoms with E-state index in [0.717, 1.165) is 154 Å². The Bertz CT molecular complexity index is 3850. The summed E-state index contributed by atoms with van der Waals surface area (Å²) in [7, 11) is 0. The summed E-state index contributed by atoms with van der Waals surface area (Å²) in [6.45, 7) is 34.3. The molecule has 6 saturated carbocycles. The van der Waals surface area contributed by atoms with Crippen molar-refractivity contribution in [3.8, 4) is 23.7 Å². The fourth-order valence-corrected chi connectivity index (χ4v) is 19.1. The van der Waals surface area contributed by atoms with Gasteiger partial charge in [0.2, 0.25) is 0 Å². The van der Waals surface area contributed by atoms with Crippen molar-refractivity contribution in [3.63, 3.8) is 0 Å². The molecule has 0 aromatic carbocycles. The Balaban J connectivity index is 0.000000298. The van der Waals surface area contributed by atoms with Crippen LogP contribution in [0.15, 0.2) is 95.2 Å². The van der Waals surface area contributed by atoms with Crippen LogP contribution in [0.4, 0.5) is 0 Å². The highest BCUT2D eigenvalue weighted by atomic mass is 16.6. The molecule has 126 heavy (non-hydrogen) atoms. The number of carbonyl (C=O) groups excluding carboxylic acids is 4. The monoisotopic (exact) mass is 1760 g/mol. The smallest absolute Gasteiger partial charge is 0.311 e. The van der Waals surface area contributed by atoms with Crippen molar-refractivity contribution in [2.75, 3.05) is 0 Å². The van der Waals surface area contributed by atoms with Gasteiger partial charge >= 0.3 is 47.8 Å². The zero-order valence-electron chi connectivity index (χ0n) is 80.1. The van der Waals surface area contributed by atoms with Crippen LogP contribution in [0.2, 0.25) is 0 Å². The maximum atomic E-state index is 12.6. The van der Waals surface area contributed by atoms with E-state index in [4.69, 9.17) is 39.4 Å². The minimum atomic E-state index is -0.752. The third-order valence-electron chi connectivity index (χ3n) is 26.6. The number of aliphatic hydroxyl groups excluding tert-OH is 4. The lowest BCUT2D eigenvalue weighted by Gasteiger charge is -2.26. The molecular formula is C106H164O20. The molecule has 0 aliphatic heterocycles. The standard InChI is InChI=1S/2C27H40O5.2C26H42O5/c1-6-7-10-18(2)24(32-26(31)27(3,4)5)14-13-21-22-16-19(11-8-9-12-25(29)30)15-20(22)17-23(21)28;1-6-7-10-18(2)23(28)14-13-21-22-16-19(11-8-9-12-25(29)30)15-20(22)17-24(21)32-26(31)27(3,4)5;1-5-6-7-11-20(31-25(30)26(2,3)4)13-14-21-22-16-18(10-8-9-12-24(28)29)15-19(22)17-23(21)27;1-5-6-7-11-20(27)13-14-21-22-16-18(10-8-9-12-24(28)29)15-19(22)17-23(21)31-25(30)26(2,3)4/h2*11,13-14,18,20-24,28H,8-10,12,15-17H2,1-5H3,(H,29,30);2*13-15,19-23,27H,5-12,16-17H2,1-4H3,(H,28,29)/b2*14-13+,19-11+;2*14-13+/t2*18?,20-,21+,22-,23+,24+;2*19-,20-,21+,22-,23+/m0000/s1. The van der Waals surface area contributed by atoms with E-state index < -0.39 is 57.7 Å². The number of unbranched alkanes of at least 4 members (excludes halogenated alkanes) is 8. The number of aliphatic hydroxyl groups is 4. The number of carboxylic acid groups (broad SMARTS) is 4. The van der Waals surface area contributed by atoms with E-state index in [-0.39, 0.29) is 122 Å². The molecular weight excluding hydrogens is 1590 g/mol. The molecule has 0 aromatic rings. The Morgan fingerprint density at radius 3 is 1.33 bits per heavy atom. The summed E-state index contributed by atoms with van der Waals surface area (Å²) in [4.78, 5) is 92.9. The van der Waals surface area contributed by atoms with E-state index in [1.54, 1.807) is 13.8 Å². The molecule has 0 saturated heterocycles. The van der Waals surface area contributed by atoms with Crippen molar-refractivity contribution in [2.45, 2.75) is 392 Å². The van der Waals surface area contributed by atoms with Gasteiger partial charge in [-0.05, 0) is 310 Å². The van der Waals surface area contributed by atoms with Crippen LogP contribution in [0.25, 0.3) is 0 Å². The molecule has 0 heterocycles. The quantitative estimate of drug-likeness (QED) is 0.00925. The first-order valence-electron chi connectivity index (χ1n) is 48.0. The first-order valence-corrected chi connectivity index (χ1v) is 48.0. The first kappa shape index (κ1) is 109. The third-order valence-corrected chi connectivity index (χ3v) is 26.6. The molecule has 8 rings (SSSR count). The van der Waals surface area contributed by atoms with Crippen molar-refractivity contribution in [1.82, 2.24) is 0 Å². The zero-order chi connectivity index (χ0) is 93.8. The average molecular weight is 1760 g/mol. The molecule has 0 amide bonds. The number of hydrogen-bond acceptors (Lipinski definition) is 16. The lowest BCUT2D eigenvalue weighted by Crippen LogP contribution is -2.31. The van der Waals surface area contributed by atoms with Crippen LogP contribution in [-0.2, 0) is 57.3 Å². The summed E-state index contributed by atoms with van der Waals surface area (Å²) in [6.07, 6.45) is 49.8. The fraction of sp³-hybridized carbons (Fsp3) is 0.736. The fourth-order valence-electron chi connectivity index (χ4n) is 19.1. The molecule has 708 valence electrons. The minimum absolute atomic E-state index is 0.0414. The number of esters is 4. The normalized spacial score (nSPS) is 27.5. The van der Waals surface area contributed by atoms with Gasteiger partial charge in [-0.15, -0.1) is 23.7 Å². The average Bonchev–Trinajstić information content (AvgIpc) is 1.66. The van der Waals surface area contributed by atoms with Crippen molar-refractivity contribution < 1.29 is 98.2 Å². The Kier molecular flexibility index (Phi) is 46.5. The van der Waals surface area contributed by atoms with E-state index >= 15 is 0 Å². The van der Waals surface area contributed by atoms with Gasteiger partial charge < -0.3 is 59.8 Å². The minimum Gasteiger partial charge on any atom is -0.481 e. The summed E-state index contributed by atoms with van der Waals surface area (Å²) in [6, 6.07) is 0. The van der Waals surface area contributed by atoms with Crippen molar-refractivity contribution >= 4 is 47.8 Å². The Hall–Kier alpha value is -7.36. The molecule has 2 unspecified atom stereocenters. The van der Waals surface area contributed by atoms with Crippen LogP contribution in [0, 0.1) is 128 Å². The number of carbonyl (C=O) groups is 8. The van der Waals surface area contributed by atoms with Gasteiger partial charge in [0.05, 0.1) is 46.1 Å². The lowest BCUT2D eigenvalue weighted by molar-refractivity contribution is -0.160. The molecule has 20 heteroatoms. The highest BCUT2D eigenvalue weighted by molar-refractivity contribution is 5.77. The Morgan fingerprint density at radius 2 is 0.841 bits per heavy atom. The molecule has 6 fully saturated rings. The summed E-state index contributed by atoms with van der Waals surface area (Å²) >= 11 is 0. The maximum absolute atomic E-state index is 12.6. The van der Waals surface area contributed by atoms with Gasteiger partial charge in [0.1, 0.15) is 24.4 Å². The number of rotatable bonds is 42. The van der Waals surface area contributed by atoms with Gasteiger partial charge in [-0.25, -0.2) is 0 Å². The predicted octanol–water partition coefficient (Wildman–Crippen LogP) is 21.6. The topological polar surface area (TPSA) is 335 Å². The first-order chi connectivity index (χ1) is 59.3. The molecule has 0 aromatic heterocycles. The van der Waals surface area contributed by atoms with E-state index in [1.807, 2.05) is 121 Å². The van der Waals surface area contributed by atoms with Crippen molar-refractivity contribution in [1.29, 1.82) is 0 Å². The van der Waals surface area contributed by atoms with Crippen LogP contribution >= 0.6 is 0 Å². The second-order valence-corrected chi connectivity index (χ2v) is 41.8. The maximum Gasteiger partial charge on any atom is 0.311 e. The number of fused-ring (bicyclic) bond motifs is 4. The second-order valence-electron chi connectivity index (χ2n) is 41.8. The van der Waals surface area contributed by atoms with E-state index in [2.05, 4.69) is 86.1 Å². The summed E-state index contributed by atoms with van der Waals surface area (Å²) in [5, 5.41) is 77.5. The number of allylic oxidation sites excluding steroid dienone is 8. The second kappa shape index (κ2) is 53.7. The number of hydrogen-bond donors (Lipinski definition) is 8. The molecule has 8 aliphatic carbocycles. The van der Waals surface area contributed by atoms with Gasteiger partial charge in [-0.3, -0.25) is 38.4 Å². The highest BCUT2D eigenvalue weighted by Crippen LogP contribution is 2.55. The van der Waals surface area contributed by atoms with E-state index in [1.165, 1.54) is 22.3 Å². The van der Waals surface area contributed by atoms with Crippen LogP contribution in [0.5, 0.6) is 0 Å². The Labute approximate surface area is 757 Å². The molecule has 20 nitrogen and oxygen atoms in total. The third kappa shape index (κ3) is 38.0. The molecule has 8 aliphatic rings. The summed E-state index contributed by atoms with van der Waals surface area (Å²) < 4.78 is 23.6. The zero-order valence-corrected chi connectivity index (χ0v) is 80.1. The summed E-state index contributed by atoms with van der Waals surface area (Å²) in [5.41, 5.74) is 3.40. The van der Waals surface area contributed by atoms with Crippen molar-refractivity contribution in [3.05, 3.63) is 95.2 Å². The van der Waals surface area contributed by atoms with Crippen LogP contribution < -0.4 is 0 Å². The van der Waals surface area contributed by atoms with Crippen LogP contribution in [0.1, 0.15) is 343 Å². The molecule has 0 radical (unpaired) electrons. The van der Waals surface area contributed by atoms with Gasteiger partial charge in [0, 0.05) is 68.1 Å². The molecule has 22 atom stereocenters. The van der Waals surface area contributed by atoms with Crippen LogP contribution in [0.3, 0.4) is 0 Å². The van der Waals surface area contributed by atoms with Gasteiger partial charge in [-0.1, -0.05) is 143 Å². The summed E-state index contributed by atoms with van der Waals surface area (Å²) in [5.74, 6) is 11.8. The molecule has 0 bridgehead atoms. The SMILES string of the molecule is CC#CCC(C)[C@@H](/C=C/[C@@H]1[C@H]2C/C(=C/CCCC(=O)O)C[C@H]2C[C@H]1O)OC(=O)C(C)(C)C.CC#CCC(C)[C@H](O)/C=C/[C@@H]1[C@H]2C/C(=C/CCCC(=O)O)C[C@H]2C[C@H]1OC(=O)C(C)(C)C.CCCCC[C@@H](/C=C/[C@@H]1[C@H]2CC(CCCCC(=O)O)=C[C@H]2C[C@H]1O)OC(=O)C(C)(C)C.CCCCC[C@H](O)/C=C/[C@@H]1[C@H]2CC(CCCCC(=O)O)=C[C@H]2C[C@H]1OC(=O)C(C)(C)C. The van der Waals surface area contributed by atoms with E-state index in [0.29, 0.717) is 85.9 Å². The van der Waals surface area contributed by atoms with E-state index in [9.17, 15) is 58.8 Å². The lowest BCUT2D eigenvalue weighted by atomic mass is 9.88. The van der Waals surface area contributed by atoms with Gasteiger partial charge in [0.25, 0.3) is 0 Å². The van der Waals surface area contributed by atoms with Crippen molar-refractivity contribution in [2.24, 2.45) is 105 Å². The number of ether oxygens (including phenoxy) is 4. The van der Waals surface area contributed by atoms with Crippen LogP contribution in [-0.4, -0.2) is 137 Å². The van der Waals surface area contributed by atoms with Gasteiger partial charge in [-0.2, -0.15) is 0 Å². The van der Waals surface area contributed by atoms with Gasteiger partial charge in [0.15, 0.2) is 0 Å². The predicted molar refractivity (Wildman–Crippen MR) is 496 cm³/mol. The Morgan fingerprint density at radius 1 is 0.437 bits per heavy atom. The molecule has 8 N–H and O–H groups in total.